The topological polar surface area (TPSA) is 91.4 Å². The van der Waals surface area contributed by atoms with Crippen molar-refractivity contribution in [2.75, 3.05) is 25.9 Å². The molecular weight excluding hydrogens is 544 g/mol. The van der Waals surface area contributed by atoms with Crippen molar-refractivity contribution in [3.8, 4) is 0 Å². The molecule has 2 aliphatic heterocycles. The van der Waals surface area contributed by atoms with Gasteiger partial charge in [0.2, 0.25) is 15.9 Å². The van der Waals surface area contributed by atoms with Crippen molar-refractivity contribution in [1.29, 1.82) is 0 Å². The molecule has 2 aromatic rings. The van der Waals surface area contributed by atoms with Crippen LogP contribution in [0, 0.1) is 11.8 Å². The summed E-state index contributed by atoms with van der Waals surface area (Å²) in [6.45, 7) is 2.09. The van der Waals surface area contributed by atoms with E-state index < -0.39 is 21.5 Å². The maximum absolute atomic E-state index is 14.7. The summed E-state index contributed by atoms with van der Waals surface area (Å²) in [7, 11) is -3.43. The largest absolute Gasteiger partial charge is 0.339 e. The molecule has 1 aromatic carbocycles. The van der Waals surface area contributed by atoms with E-state index in [0.717, 1.165) is 24.9 Å². The van der Waals surface area contributed by atoms with E-state index >= 15 is 0 Å². The lowest BCUT2D eigenvalue weighted by molar-refractivity contribution is -0.143. The van der Waals surface area contributed by atoms with Crippen molar-refractivity contribution in [3.63, 3.8) is 0 Å². The molecule has 1 saturated carbocycles. The minimum absolute atomic E-state index is 0.215. The minimum Gasteiger partial charge on any atom is -0.339 e. The number of hydrogen-bond acceptors (Lipinski definition) is 5. The van der Waals surface area contributed by atoms with Crippen molar-refractivity contribution in [1.82, 2.24) is 19.9 Å². The molecule has 6 rings (SSSR count). The molecular formula is C31H41ClN4O3S. The van der Waals surface area contributed by atoms with E-state index in [4.69, 9.17) is 11.6 Å². The maximum atomic E-state index is 14.7. The first kappa shape index (κ1) is 28.1. The van der Waals surface area contributed by atoms with Gasteiger partial charge in [0.05, 0.1) is 23.9 Å². The monoisotopic (exact) mass is 584 g/mol. The maximum Gasteiger partial charge on any atom is 0.228 e. The van der Waals surface area contributed by atoms with E-state index in [0.29, 0.717) is 48.6 Å². The zero-order valence-electron chi connectivity index (χ0n) is 23.3. The number of piperidine rings is 1. The van der Waals surface area contributed by atoms with Crippen LogP contribution in [0.2, 0.25) is 5.15 Å². The standard InChI is InChI=1S/C31H41ClN4O3S/c1-40(38,39)35-26-14-16-31(24-12-13-28(32)34-29(24)26)20-33-19-25(31)30(37)36-17-15-23(21-8-4-2-5-9-21)18-27(36)22-10-6-3-7-11-22/h2,4-5,8-9,12-13,22-23,25-27,33,35H,3,6-7,10-11,14-20H2,1H3/t23-,25+,26?,27+,31+/m1/s1. The smallest absolute Gasteiger partial charge is 0.228 e. The predicted octanol–water partition coefficient (Wildman–Crippen LogP) is 4.93. The van der Waals surface area contributed by atoms with Crippen molar-refractivity contribution in [3.05, 3.63) is 64.4 Å². The fourth-order valence-electron chi connectivity index (χ4n) is 8.28. The van der Waals surface area contributed by atoms with Crippen LogP contribution < -0.4 is 10.0 Å². The van der Waals surface area contributed by atoms with E-state index in [1.165, 1.54) is 43.9 Å². The number of hydrogen-bond donors (Lipinski definition) is 2. The number of carbonyl (C=O) groups is 1. The lowest BCUT2D eigenvalue weighted by atomic mass is 9.64. The minimum atomic E-state index is -3.43. The second-order valence-electron chi connectivity index (χ2n) is 12.5. The Hall–Kier alpha value is -2.00. The van der Waals surface area contributed by atoms with Gasteiger partial charge in [0, 0.05) is 31.1 Å². The van der Waals surface area contributed by atoms with Crippen LogP contribution >= 0.6 is 11.6 Å². The van der Waals surface area contributed by atoms with Crippen molar-refractivity contribution >= 4 is 27.5 Å². The first-order chi connectivity index (χ1) is 19.2. The van der Waals surface area contributed by atoms with E-state index in [2.05, 4.69) is 50.3 Å². The van der Waals surface area contributed by atoms with Gasteiger partial charge in [0.1, 0.15) is 5.15 Å². The summed E-state index contributed by atoms with van der Waals surface area (Å²) >= 11 is 6.32. The summed E-state index contributed by atoms with van der Waals surface area (Å²) < 4.78 is 27.1. The second-order valence-corrected chi connectivity index (χ2v) is 14.7. The van der Waals surface area contributed by atoms with Crippen molar-refractivity contribution in [2.45, 2.75) is 81.2 Å². The summed E-state index contributed by atoms with van der Waals surface area (Å²) in [6, 6.07) is 14.4. The van der Waals surface area contributed by atoms with Gasteiger partial charge in [0.25, 0.3) is 0 Å². The van der Waals surface area contributed by atoms with Gasteiger partial charge in [-0.2, -0.15) is 0 Å². The van der Waals surface area contributed by atoms with Gasteiger partial charge in [-0.05, 0) is 67.6 Å². The number of halogens is 1. The molecule has 2 saturated heterocycles. The average molecular weight is 585 g/mol. The predicted molar refractivity (Wildman–Crippen MR) is 158 cm³/mol. The zero-order valence-corrected chi connectivity index (χ0v) is 24.9. The molecule has 0 bridgehead atoms. The lowest BCUT2D eigenvalue weighted by Crippen LogP contribution is -2.55. The highest BCUT2D eigenvalue weighted by Crippen LogP contribution is 2.50. The highest BCUT2D eigenvalue weighted by atomic mass is 35.5. The van der Waals surface area contributed by atoms with Gasteiger partial charge in [-0.1, -0.05) is 67.3 Å². The summed E-state index contributed by atoms with van der Waals surface area (Å²) in [5, 5.41) is 3.89. The molecule has 3 fully saturated rings. The number of sulfonamides is 1. The summed E-state index contributed by atoms with van der Waals surface area (Å²) in [4.78, 5) is 21.6. The Kier molecular flexibility index (Phi) is 7.98. The molecule has 2 aliphatic carbocycles. The van der Waals surface area contributed by atoms with E-state index in [9.17, 15) is 13.2 Å². The van der Waals surface area contributed by atoms with Gasteiger partial charge >= 0.3 is 0 Å². The first-order valence-corrected chi connectivity index (χ1v) is 17.2. The Labute approximate surface area is 243 Å². The van der Waals surface area contributed by atoms with Crippen LogP contribution in [0.1, 0.15) is 86.6 Å². The normalized spacial score (nSPS) is 31.3. The highest BCUT2D eigenvalue weighted by molar-refractivity contribution is 7.88. The van der Waals surface area contributed by atoms with Crippen LogP contribution in [0.4, 0.5) is 0 Å². The molecule has 5 atom stereocenters. The molecule has 1 amide bonds. The SMILES string of the molecule is CS(=O)(=O)NC1CC[C@]2(CNC[C@H]2C(=O)N2CC[C@@H](c3ccccc3)C[C@H]2C2CCCCC2)c2ccc(Cl)nc21. The van der Waals surface area contributed by atoms with Crippen molar-refractivity contribution < 1.29 is 13.2 Å². The fraction of sp³-hybridized carbons (Fsp3) is 0.613. The summed E-state index contributed by atoms with van der Waals surface area (Å²) in [5.41, 5.74) is 2.59. The van der Waals surface area contributed by atoms with E-state index in [-0.39, 0.29) is 17.9 Å². The molecule has 1 spiro atoms. The molecule has 9 heteroatoms. The fourth-order valence-corrected chi connectivity index (χ4v) is 9.18. The van der Waals surface area contributed by atoms with Crippen LogP contribution in [-0.2, 0) is 20.2 Å². The molecule has 4 aliphatic rings. The molecule has 7 nitrogen and oxygen atoms in total. The van der Waals surface area contributed by atoms with Crippen LogP contribution in [-0.4, -0.2) is 56.1 Å². The van der Waals surface area contributed by atoms with Gasteiger partial charge in [-0.3, -0.25) is 4.79 Å². The number of nitrogens with zero attached hydrogens (tertiary/aromatic N) is 2. The Bertz CT molecular complexity index is 1330. The molecule has 0 radical (unpaired) electrons. The average Bonchev–Trinajstić information content (AvgIpc) is 3.38. The molecule has 2 N–H and O–H groups in total. The number of likely N-dealkylation sites (tertiary alicyclic amines) is 1. The van der Waals surface area contributed by atoms with Gasteiger partial charge in [-0.25, -0.2) is 18.1 Å². The molecule has 40 heavy (non-hydrogen) atoms. The lowest BCUT2D eigenvalue weighted by Gasteiger charge is -2.48. The third-order valence-electron chi connectivity index (χ3n) is 10.1. The number of carbonyl (C=O) groups excluding carboxylic acids is 1. The van der Waals surface area contributed by atoms with Crippen LogP contribution in [0.25, 0.3) is 0 Å². The Balaban J connectivity index is 1.32. The van der Waals surface area contributed by atoms with Crippen LogP contribution in [0.15, 0.2) is 42.5 Å². The molecule has 3 heterocycles. The zero-order chi connectivity index (χ0) is 27.9. The Morgan fingerprint density at radius 3 is 2.60 bits per heavy atom. The van der Waals surface area contributed by atoms with Crippen molar-refractivity contribution in [2.24, 2.45) is 11.8 Å². The first-order valence-electron chi connectivity index (χ1n) is 15.0. The number of benzene rings is 1. The van der Waals surface area contributed by atoms with Gasteiger partial charge in [0.15, 0.2) is 0 Å². The Morgan fingerprint density at radius 2 is 1.85 bits per heavy atom. The number of nitrogens with one attached hydrogen (secondary N) is 2. The van der Waals surface area contributed by atoms with Crippen LogP contribution in [0.3, 0.4) is 0 Å². The van der Waals surface area contributed by atoms with Gasteiger partial charge < -0.3 is 10.2 Å². The number of fused-ring (bicyclic) bond motifs is 2. The number of rotatable bonds is 5. The third-order valence-corrected chi connectivity index (χ3v) is 11.1. The Morgan fingerprint density at radius 1 is 1.07 bits per heavy atom. The van der Waals surface area contributed by atoms with Crippen LogP contribution in [0.5, 0.6) is 0 Å². The molecule has 1 aromatic heterocycles. The van der Waals surface area contributed by atoms with E-state index in [1.54, 1.807) is 6.07 Å². The summed E-state index contributed by atoms with van der Waals surface area (Å²) in [6.07, 6.45) is 10.7. The number of aromatic nitrogens is 1. The summed E-state index contributed by atoms with van der Waals surface area (Å²) in [5.74, 6) is 1.07. The highest BCUT2D eigenvalue weighted by Gasteiger charge is 2.54. The third kappa shape index (κ3) is 5.44. The molecule has 216 valence electrons. The molecule has 1 unspecified atom stereocenters. The number of pyridine rings is 1. The van der Waals surface area contributed by atoms with E-state index in [1.807, 2.05) is 6.07 Å². The quantitative estimate of drug-likeness (QED) is 0.486. The number of amides is 1. The van der Waals surface area contributed by atoms with Gasteiger partial charge in [-0.15, -0.1) is 0 Å². The second kappa shape index (κ2) is 11.3.